The minimum Gasteiger partial charge on any atom is -0.508 e. The van der Waals surface area contributed by atoms with Crippen LogP contribution in [0.3, 0.4) is 0 Å². The molecule has 1 aliphatic carbocycles. The molecule has 37 heteroatoms. The van der Waals surface area contributed by atoms with Gasteiger partial charge in [0.2, 0.25) is 23.7 Å². The number of carbonyl (C=O) groups excluding carboxylic acids is 4. The maximum atomic E-state index is 13.2. The summed E-state index contributed by atoms with van der Waals surface area (Å²) in [6.45, 7) is 4.90. The summed E-state index contributed by atoms with van der Waals surface area (Å²) < 4.78 is 17.7. The van der Waals surface area contributed by atoms with Gasteiger partial charge in [0.05, 0.1) is 68.9 Å². The Kier molecular flexibility index (Phi) is 29.4. The quantitative estimate of drug-likeness (QED) is 0.0126. The summed E-state index contributed by atoms with van der Waals surface area (Å²) in [6, 6.07) is 23.9. The lowest BCUT2D eigenvalue weighted by Gasteiger charge is -2.22. The number of carbonyl (C=O) groups is 7. The van der Waals surface area contributed by atoms with Gasteiger partial charge in [0, 0.05) is 110 Å². The number of carboxylic acid groups (broad SMARTS) is 3. The third kappa shape index (κ3) is 23.7. The van der Waals surface area contributed by atoms with Crippen molar-refractivity contribution < 1.29 is 67.9 Å². The lowest BCUT2D eigenvalue weighted by Crippen LogP contribution is -2.41. The van der Waals surface area contributed by atoms with Gasteiger partial charge >= 0.3 is 17.9 Å². The first-order valence-electron chi connectivity index (χ1n) is 36.6. The largest absolute Gasteiger partial charge is 0.508 e. The lowest BCUT2D eigenvalue weighted by atomic mass is 9.90. The summed E-state index contributed by atoms with van der Waals surface area (Å²) >= 11 is 5.53. The maximum Gasteiger partial charge on any atom is 0.336 e. The minimum atomic E-state index is -1.33. The monoisotopic (exact) mass is 1580 g/mol. The van der Waals surface area contributed by atoms with Gasteiger partial charge in [-0.15, -0.1) is 0 Å². The zero-order chi connectivity index (χ0) is 81.4. The molecule has 114 heavy (non-hydrogen) atoms. The van der Waals surface area contributed by atoms with E-state index in [0.29, 0.717) is 129 Å². The van der Waals surface area contributed by atoms with E-state index in [0.717, 1.165) is 37.1 Å². The normalized spacial score (nSPS) is 11.8. The molecule has 4 aromatic heterocycles. The van der Waals surface area contributed by atoms with E-state index in [1.165, 1.54) is 30.3 Å². The highest BCUT2D eigenvalue weighted by molar-refractivity contribution is 7.80. The number of phenols is 1. The Morgan fingerprint density at radius 3 is 1.59 bits per heavy atom. The number of aliphatic carboxylic acids is 2. The van der Waals surface area contributed by atoms with Crippen molar-refractivity contribution in [2.24, 2.45) is 0 Å². The molecule has 0 fully saturated rings. The van der Waals surface area contributed by atoms with Gasteiger partial charge in [-0.2, -0.15) is 19.9 Å². The van der Waals surface area contributed by atoms with E-state index in [-0.39, 0.29) is 130 Å². The number of nitrogen functional groups attached to an aromatic ring is 4. The summed E-state index contributed by atoms with van der Waals surface area (Å²) in [5, 5.41) is 58.2. The number of carboxylic acids is 3. The number of rotatable bonds is 42. The summed E-state index contributed by atoms with van der Waals surface area (Å²) in [6.07, 6.45) is 6.90. The molecule has 0 spiro atoms. The molecule has 4 amide bonds. The third-order valence-corrected chi connectivity index (χ3v) is 18.6. The summed E-state index contributed by atoms with van der Waals surface area (Å²) in [7, 11) is 3.63. The number of fused-ring (bicyclic) bond motifs is 4. The van der Waals surface area contributed by atoms with Crippen LogP contribution < -0.4 is 70.1 Å². The van der Waals surface area contributed by atoms with Crippen molar-refractivity contribution in [1.82, 2.24) is 71.4 Å². The molecular formula is C77H89N21O15S. The summed E-state index contributed by atoms with van der Waals surface area (Å²) in [4.78, 5) is 142. The van der Waals surface area contributed by atoms with Gasteiger partial charge in [-0.1, -0.05) is 18.9 Å². The molecule has 36 nitrogen and oxygen atoms in total. The number of amides is 4. The molecule has 1 aliphatic heterocycles. The molecule has 2 atom stereocenters. The summed E-state index contributed by atoms with van der Waals surface area (Å²) in [5.74, 6) is -5.41. The second-order valence-electron chi connectivity index (χ2n) is 26.8. The van der Waals surface area contributed by atoms with Crippen LogP contribution in [0.2, 0.25) is 0 Å². The Morgan fingerprint density at radius 1 is 0.553 bits per heavy atom. The van der Waals surface area contributed by atoms with Crippen molar-refractivity contribution in [3.8, 4) is 28.2 Å². The zero-order valence-corrected chi connectivity index (χ0v) is 63.4. The Hall–Kier alpha value is -13.1. The van der Waals surface area contributed by atoms with Gasteiger partial charge in [-0.3, -0.25) is 24.0 Å². The molecule has 598 valence electrons. The van der Waals surface area contributed by atoms with E-state index in [1.54, 1.807) is 85.2 Å². The van der Waals surface area contributed by atoms with E-state index >= 15 is 0 Å². The Labute approximate surface area is 658 Å². The minimum absolute atomic E-state index is 0.0155. The maximum absolute atomic E-state index is 13.2. The van der Waals surface area contributed by atoms with E-state index in [9.17, 15) is 58.8 Å². The number of aromatic carboxylic acids is 1. The van der Waals surface area contributed by atoms with Crippen LogP contribution in [0.1, 0.15) is 107 Å². The lowest BCUT2D eigenvalue weighted by molar-refractivity contribution is -0.140. The number of aromatic hydroxyl groups is 1. The van der Waals surface area contributed by atoms with Crippen LogP contribution in [-0.2, 0) is 41.7 Å². The van der Waals surface area contributed by atoms with Gasteiger partial charge in [0.15, 0.2) is 44.5 Å². The van der Waals surface area contributed by atoms with Crippen LogP contribution in [0.15, 0.2) is 125 Å². The first kappa shape index (κ1) is 83.3. The van der Waals surface area contributed by atoms with Gasteiger partial charge in [-0.05, 0) is 154 Å². The third-order valence-electron chi connectivity index (χ3n) is 18.3. The van der Waals surface area contributed by atoms with Gasteiger partial charge in [0.1, 0.15) is 29.2 Å². The average Bonchev–Trinajstić information content (AvgIpc) is 0.746. The molecule has 2 aliphatic rings. The molecule has 0 saturated heterocycles. The van der Waals surface area contributed by atoms with Crippen LogP contribution in [-0.4, -0.2) is 204 Å². The van der Waals surface area contributed by atoms with Crippen molar-refractivity contribution in [2.75, 3.05) is 118 Å². The predicted molar refractivity (Wildman–Crippen MR) is 430 cm³/mol. The number of anilines is 7. The molecule has 0 unspecified atom stereocenters. The van der Waals surface area contributed by atoms with E-state index < -0.39 is 41.8 Å². The number of hydrogen-bond donors (Lipinski definition) is 14. The number of thiocarbonyl (C=S) groups is 1. The molecule has 0 bridgehead atoms. The fourth-order valence-electron chi connectivity index (χ4n) is 12.4. The topological polar surface area (TPSA) is 538 Å². The van der Waals surface area contributed by atoms with Crippen LogP contribution in [0, 0.1) is 0 Å². The van der Waals surface area contributed by atoms with Crippen molar-refractivity contribution >= 4 is 133 Å². The first-order chi connectivity index (χ1) is 54.8. The zero-order valence-electron chi connectivity index (χ0n) is 62.6. The number of nitrogens with two attached hydrogens (primary N) is 4. The summed E-state index contributed by atoms with van der Waals surface area (Å²) in [5.41, 5.74) is 29.2. The number of aromatic nitrogens is 8. The number of hydrogen-bond acceptors (Lipinski definition) is 28. The van der Waals surface area contributed by atoms with E-state index in [1.807, 2.05) is 23.9 Å². The van der Waals surface area contributed by atoms with Crippen LogP contribution in [0.5, 0.6) is 5.75 Å². The van der Waals surface area contributed by atoms with E-state index in [4.69, 9.17) is 49.0 Å². The molecule has 0 saturated carbocycles. The van der Waals surface area contributed by atoms with Crippen LogP contribution >= 0.6 is 12.2 Å². The van der Waals surface area contributed by atoms with Crippen molar-refractivity contribution in [3.63, 3.8) is 0 Å². The predicted octanol–water partition coefficient (Wildman–Crippen LogP) is 5.56. The fraction of sp³-hybridized carbons (Fsp3) is 0.338. The first-order valence-corrected chi connectivity index (χ1v) is 37.1. The Morgan fingerprint density at radius 2 is 1.07 bits per heavy atom. The molecule has 4 aromatic carbocycles. The number of unbranched alkanes of at least 4 members (excludes halogenated alkanes) is 4. The van der Waals surface area contributed by atoms with E-state index in [2.05, 4.69) is 76.7 Å². The second-order valence-corrected chi connectivity index (χ2v) is 27.2. The van der Waals surface area contributed by atoms with Crippen molar-refractivity contribution in [1.29, 1.82) is 0 Å². The van der Waals surface area contributed by atoms with Crippen molar-refractivity contribution in [2.45, 2.75) is 89.4 Å². The highest BCUT2D eigenvalue weighted by Crippen LogP contribution is 2.42. The molecule has 5 heterocycles. The van der Waals surface area contributed by atoms with Gasteiger partial charge < -0.3 is 104 Å². The Bertz CT molecular complexity index is 4940. The smallest absolute Gasteiger partial charge is 0.336 e. The SMILES string of the molecule is CN(Cc1cnc2nc(N)nc(N)c2n1)c1ccc(C(=O)N[C@@H](CCC(=O)NCCCCCN(CCCCCNC(=O)CC[C@H](NC(=O)c2ccc(N(C)Cc3cnc4nc(N)nc(N)c4n3)cc2)C(=O)O)CCOCCOCCNC(=S)Nc2ccc(-c3c4ccc(=O)cc-4oc4cc(O)ccc34)c(C(=O)O)c2)C(=O)O)cc1. The van der Waals surface area contributed by atoms with Crippen LogP contribution in [0.25, 0.3) is 55.7 Å². The second kappa shape index (κ2) is 40.2. The van der Waals surface area contributed by atoms with Gasteiger partial charge in [-0.25, -0.2) is 34.3 Å². The number of nitrogens with one attached hydrogen (secondary N) is 6. The molecular weight excluding hydrogens is 1490 g/mol. The number of benzene rings is 5. The van der Waals surface area contributed by atoms with Crippen molar-refractivity contribution in [3.05, 3.63) is 154 Å². The Balaban J connectivity index is 0.635. The fourth-order valence-corrected chi connectivity index (χ4v) is 12.6. The molecule has 10 rings (SSSR count). The molecule has 0 radical (unpaired) electrons. The highest BCUT2D eigenvalue weighted by atomic mass is 32.1. The number of nitrogens with zero attached hydrogens (tertiary/aromatic N) is 11. The number of phenolic OH excluding ortho intramolecular Hbond substituents is 1. The van der Waals surface area contributed by atoms with Gasteiger partial charge in [0.25, 0.3) is 11.8 Å². The number of ether oxygens (including phenoxy) is 2. The highest BCUT2D eigenvalue weighted by Gasteiger charge is 2.27. The standard InChI is InChI=1S/C77H89N21O15S/c1-96(42-47-40-85-68-64(87-47)66(78)92-75(80)94-68)49-14-9-44(10-15-49)70(103)90-57(73(107)108)23-25-61(101)82-27-5-3-7-30-98(31-8-4-6-28-83-62(102)26-24-58(74(109)110)91-71(104)45-11-16-50(17-12-45)97(2)43-48-41-86-69-65(88-48)67(79)93-76(81)95-69)32-34-112-36-35-111-33-29-84-77(114)89-46-13-20-53(56(37-46)72(105)106)63-54-21-18-51(99)38-59(54)113-60-39-52(100)19-22-55(60)63/h9-22,37-41,57-58,99H,3-8,23-36,42-43H2,1-2H3,(H,82,101)(H,83,102)(H,90,103)(H,91,104)(H,105,106)(H,107,108)(H,109,110)(H2,84,89,114)(H4,78,80,85,92,94)(H4,79,81,86,93,95)/t57-,58-/m0/s1. The average molecular weight is 1580 g/mol. The van der Waals surface area contributed by atoms with Crippen LogP contribution in [0.4, 0.5) is 40.6 Å². The molecule has 18 N–H and O–H groups in total. The molecule has 8 aromatic rings.